The van der Waals surface area contributed by atoms with Gasteiger partial charge >= 0.3 is 0 Å². The van der Waals surface area contributed by atoms with Crippen molar-refractivity contribution in [3.05, 3.63) is 73.3 Å². The minimum atomic E-state index is 0.547. The molecular weight excluding hydrogens is 300 g/mol. The Kier molecular flexibility index (Phi) is 5.96. The molecule has 0 aliphatic carbocycles. The van der Waals surface area contributed by atoms with Crippen molar-refractivity contribution in [3.63, 3.8) is 0 Å². The number of hydrogen-bond acceptors (Lipinski definition) is 6. The molecule has 0 radical (unpaired) electrons. The van der Waals surface area contributed by atoms with E-state index in [-0.39, 0.29) is 0 Å². The van der Waals surface area contributed by atoms with Gasteiger partial charge in [0.2, 0.25) is 0 Å². The van der Waals surface area contributed by atoms with Crippen molar-refractivity contribution < 1.29 is 0 Å². The minimum Gasteiger partial charge on any atom is -0.399 e. The molecule has 0 fully saturated rings. The topological polar surface area (TPSA) is 78.0 Å². The van der Waals surface area contributed by atoms with E-state index >= 15 is 0 Å². The molecule has 0 saturated heterocycles. The molecule has 0 atom stereocenters. The van der Waals surface area contributed by atoms with Crippen LogP contribution in [0.1, 0.15) is 0 Å². The van der Waals surface area contributed by atoms with Gasteiger partial charge < -0.3 is 21.3 Å². The highest BCUT2D eigenvalue weighted by Crippen LogP contribution is 2.21. The number of rotatable bonds is 7. The Morgan fingerprint density at radius 1 is 1.08 bits per heavy atom. The molecule has 0 amide bonds. The first kappa shape index (κ1) is 17.1. The SMILES string of the molecule is C=C(/N=N/c1ccc(Nc2ccc(N)cc2)cc1)N(C)/C=C\NC. The van der Waals surface area contributed by atoms with Crippen molar-refractivity contribution in [2.45, 2.75) is 0 Å². The van der Waals surface area contributed by atoms with Crippen LogP contribution in [0.5, 0.6) is 0 Å². The molecular formula is C18H22N6. The molecule has 6 nitrogen and oxygen atoms in total. The first-order valence-corrected chi connectivity index (χ1v) is 7.48. The van der Waals surface area contributed by atoms with Crippen molar-refractivity contribution in [3.8, 4) is 0 Å². The molecule has 2 rings (SSSR count). The van der Waals surface area contributed by atoms with Gasteiger partial charge in [0.05, 0.1) is 5.69 Å². The van der Waals surface area contributed by atoms with Crippen molar-refractivity contribution in [1.82, 2.24) is 10.2 Å². The number of nitrogen functional groups attached to an aromatic ring is 1. The molecule has 2 aromatic rings. The van der Waals surface area contributed by atoms with E-state index in [2.05, 4.69) is 27.4 Å². The van der Waals surface area contributed by atoms with E-state index in [1.165, 1.54) is 0 Å². The van der Waals surface area contributed by atoms with Gasteiger partial charge in [-0.3, -0.25) is 0 Å². The quantitative estimate of drug-likeness (QED) is 0.527. The van der Waals surface area contributed by atoms with Crippen molar-refractivity contribution in [2.24, 2.45) is 10.2 Å². The van der Waals surface area contributed by atoms with Gasteiger partial charge in [0.1, 0.15) is 5.82 Å². The summed E-state index contributed by atoms with van der Waals surface area (Å²) in [5.74, 6) is 0.547. The summed E-state index contributed by atoms with van der Waals surface area (Å²) in [5, 5.41) is 14.5. The molecule has 0 bridgehead atoms. The smallest absolute Gasteiger partial charge is 0.147 e. The van der Waals surface area contributed by atoms with Crippen LogP contribution in [0.2, 0.25) is 0 Å². The van der Waals surface area contributed by atoms with E-state index in [9.17, 15) is 0 Å². The van der Waals surface area contributed by atoms with Gasteiger partial charge in [0.15, 0.2) is 0 Å². The zero-order valence-electron chi connectivity index (χ0n) is 13.9. The highest BCUT2D eigenvalue weighted by Gasteiger charge is 1.98. The third kappa shape index (κ3) is 5.17. The standard InChI is InChI=1S/C18H22N6/c1-14(24(3)13-12-20-2)22-23-18-10-8-17(9-11-18)21-16-6-4-15(19)5-7-16/h4-13,20-21H,1,19H2,2-3H3/b13-12-,23-22+. The Balaban J connectivity index is 1.96. The minimum absolute atomic E-state index is 0.547. The first-order valence-electron chi connectivity index (χ1n) is 7.48. The van der Waals surface area contributed by atoms with Gasteiger partial charge in [-0.2, -0.15) is 0 Å². The second kappa shape index (κ2) is 8.38. The van der Waals surface area contributed by atoms with Gasteiger partial charge in [-0.15, -0.1) is 10.2 Å². The number of nitrogens with one attached hydrogen (secondary N) is 2. The molecule has 4 N–H and O–H groups in total. The average Bonchev–Trinajstić information content (AvgIpc) is 2.60. The summed E-state index contributed by atoms with van der Waals surface area (Å²) in [6.45, 7) is 3.87. The van der Waals surface area contributed by atoms with Crippen LogP contribution in [0.15, 0.2) is 83.6 Å². The fraction of sp³-hybridized carbons (Fsp3) is 0.111. The Morgan fingerprint density at radius 3 is 2.25 bits per heavy atom. The van der Waals surface area contributed by atoms with Crippen LogP contribution in [0, 0.1) is 0 Å². The lowest BCUT2D eigenvalue weighted by atomic mass is 10.2. The van der Waals surface area contributed by atoms with Crippen LogP contribution in [0.25, 0.3) is 0 Å². The Labute approximate surface area is 142 Å². The monoisotopic (exact) mass is 322 g/mol. The van der Waals surface area contributed by atoms with Crippen molar-refractivity contribution in [2.75, 3.05) is 25.1 Å². The fourth-order valence-electron chi connectivity index (χ4n) is 1.80. The van der Waals surface area contributed by atoms with Gasteiger partial charge in [-0.25, -0.2) is 0 Å². The van der Waals surface area contributed by atoms with Crippen LogP contribution < -0.4 is 16.4 Å². The van der Waals surface area contributed by atoms with E-state index in [1.807, 2.05) is 68.8 Å². The van der Waals surface area contributed by atoms with E-state index in [0.29, 0.717) is 5.82 Å². The first-order chi connectivity index (χ1) is 11.6. The van der Waals surface area contributed by atoms with Gasteiger partial charge in [0.25, 0.3) is 0 Å². The average molecular weight is 322 g/mol. The molecule has 0 aliphatic heterocycles. The summed E-state index contributed by atoms with van der Waals surface area (Å²) < 4.78 is 0. The maximum absolute atomic E-state index is 5.68. The van der Waals surface area contributed by atoms with Crippen LogP contribution in [0.4, 0.5) is 22.7 Å². The summed E-state index contributed by atoms with van der Waals surface area (Å²) in [6.07, 6.45) is 3.61. The molecule has 0 aromatic heterocycles. The molecule has 124 valence electrons. The maximum Gasteiger partial charge on any atom is 0.147 e. The molecule has 0 saturated carbocycles. The summed E-state index contributed by atoms with van der Waals surface area (Å²) in [7, 11) is 3.68. The third-order valence-electron chi connectivity index (χ3n) is 3.22. The van der Waals surface area contributed by atoms with E-state index < -0.39 is 0 Å². The van der Waals surface area contributed by atoms with Crippen LogP contribution in [0.3, 0.4) is 0 Å². The van der Waals surface area contributed by atoms with Gasteiger partial charge in [-0.1, -0.05) is 6.58 Å². The van der Waals surface area contributed by atoms with E-state index in [4.69, 9.17) is 5.73 Å². The predicted molar refractivity (Wildman–Crippen MR) is 100 cm³/mol. The number of hydrogen-bond donors (Lipinski definition) is 3. The van der Waals surface area contributed by atoms with Crippen molar-refractivity contribution >= 4 is 22.7 Å². The summed E-state index contributed by atoms with van der Waals surface area (Å²) >= 11 is 0. The summed E-state index contributed by atoms with van der Waals surface area (Å²) in [6, 6.07) is 15.2. The molecule has 24 heavy (non-hydrogen) atoms. The molecule has 2 aromatic carbocycles. The molecule has 0 aliphatic rings. The second-order valence-electron chi connectivity index (χ2n) is 5.13. The zero-order valence-corrected chi connectivity index (χ0v) is 13.9. The molecule has 0 heterocycles. The van der Waals surface area contributed by atoms with Crippen LogP contribution >= 0.6 is 0 Å². The van der Waals surface area contributed by atoms with Gasteiger partial charge in [-0.05, 0) is 48.5 Å². The maximum atomic E-state index is 5.68. The number of azo groups is 1. The molecule has 0 unspecified atom stereocenters. The molecule has 0 spiro atoms. The fourth-order valence-corrected chi connectivity index (χ4v) is 1.80. The van der Waals surface area contributed by atoms with Crippen molar-refractivity contribution in [1.29, 1.82) is 0 Å². The largest absolute Gasteiger partial charge is 0.399 e. The number of nitrogens with zero attached hydrogens (tertiary/aromatic N) is 3. The van der Waals surface area contributed by atoms with Crippen LogP contribution in [-0.4, -0.2) is 19.0 Å². The lowest BCUT2D eigenvalue weighted by molar-refractivity contribution is 0.553. The van der Waals surface area contributed by atoms with E-state index in [0.717, 1.165) is 22.7 Å². The second-order valence-corrected chi connectivity index (χ2v) is 5.13. The normalized spacial score (nSPS) is 10.9. The Morgan fingerprint density at radius 2 is 1.67 bits per heavy atom. The van der Waals surface area contributed by atoms with Gasteiger partial charge in [0, 0.05) is 43.6 Å². The zero-order chi connectivity index (χ0) is 17.4. The number of benzene rings is 2. The Hall–Kier alpha value is -3.28. The molecule has 6 heteroatoms. The highest BCUT2D eigenvalue weighted by atomic mass is 15.3. The van der Waals surface area contributed by atoms with Crippen LogP contribution in [-0.2, 0) is 0 Å². The summed E-state index contributed by atoms with van der Waals surface area (Å²) in [4.78, 5) is 1.77. The number of anilines is 3. The number of nitrogens with two attached hydrogens (primary N) is 1. The Bertz CT molecular complexity index is 716. The van der Waals surface area contributed by atoms with E-state index in [1.54, 1.807) is 11.1 Å². The third-order valence-corrected chi connectivity index (χ3v) is 3.22. The summed E-state index contributed by atoms with van der Waals surface area (Å²) in [5.41, 5.74) is 9.11. The lowest BCUT2D eigenvalue weighted by Gasteiger charge is -2.11. The lowest BCUT2D eigenvalue weighted by Crippen LogP contribution is -2.08. The highest BCUT2D eigenvalue weighted by molar-refractivity contribution is 5.63. The predicted octanol–water partition coefficient (Wildman–Crippen LogP) is 4.19.